The molecule has 2 rings (SSSR count). The molecule has 0 saturated heterocycles. The van der Waals surface area contributed by atoms with Gasteiger partial charge in [-0.05, 0) is 48.6 Å². The highest BCUT2D eigenvalue weighted by atomic mass is 16.5. The molecule has 3 nitrogen and oxygen atoms in total. The number of rotatable bonds is 8. The largest absolute Gasteiger partial charge is 0.497 e. The van der Waals surface area contributed by atoms with E-state index < -0.39 is 0 Å². The fourth-order valence-electron chi connectivity index (χ4n) is 2.22. The van der Waals surface area contributed by atoms with E-state index in [-0.39, 0.29) is 6.61 Å². The van der Waals surface area contributed by atoms with E-state index in [9.17, 15) is 0 Å². The number of hydrogen-bond donors (Lipinski definition) is 1. The normalized spacial score (nSPS) is 10.4. The van der Waals surface area contributed by atoms with E-state index in [1.54, 1.807) is 7.11 Å². The number of para-hydroxylation sites is 1. The summed E-state index contributed by atoms with van der Waals surface area (Å²) in [7, 11) is 1.67. The van der Waals surface area contributed by atoms with E-state index >= 15 is 0 Å². The topological polar surface area (TPSA) is 38.7 Å². The van der Waals surface area contributed by atoms with Crippen LogP contribution in [0, 0.1) is 0 Å². The Morgan fingerprint density at radius 1 is 0.952 bits per heavy atom. The van der Waals surface area contributed by atoms with Gasteiger partial charge in [-0.25, -0.2) is 0 Å². The fourth-order valence-corrected chi connectivity index (χ4v) is 2.22. The average Bonchev–Trinajstić information content (AvgIpc) is 2.54. The Labute approximate surface area is 126 Å². The van der Waals surface area contributed by atoms with Gasteiger partial charge in [-0.15, -0.1) is 0 Å². The second-order valence-corrected chi connectivity index (χ2v) is 4.88. The molecule has 0 spiro atoms. The van der Waals surface area contributed by atoms with Crippen LogP contribution >= 0.6 is 0 Å². The van der Waals surface area contributed by atoms with E-state index in [1.807, 2.05) is 36.4 Å². The highest BCUT2D eigenvalue weighted by Crippen LogP contribution is 2.19. The van der Waals surface area contributed by atoms with Gasteiger partial charge in [0, 0.05) is 6.61 Å². The lowest BCUT2D eigenvalue weighted by Crippen LogP contribution is -2.02. The summed E-state index contributed by atoms with van der Waals surface area (Å²) < 4.78 is 11.0. The number of benzene rings is 2. The minimum Gasteiger partial charge on any atom is -0.497 e. The van der Waals surface area contributed by atoms with E-state index in [0.29, 0.717) is 13.0 Å². The third-order valence-corrected chi connectivity index (χ3v) is 3.38. The molecule has 0 atom stereocenters. The van der Waals surface area contributed by atoms with Crippen molar-refractivity contribution in [2.75, 3.05) is 20.3 Å². The molecule has 112 valence electrons. The molecular formula is C18H22O3. The molecule has 21 heavy (non-hydrogen) atoms. The average molecular weight is 286 g/mol. The van der Waals surface area contributed by atoms with Crippen molar-refractivity contribution >= 4 is 0 Å². The molecule has 0 saturated carbocycles. The Bertz CT molecular complexity index is 534. The standard InChI is InChI=1S/C18H22O3/c1-20-17-10-8-15(9-11-17)5-4-14-21-18-7-3-2-6-16(18)12-13-19/h2-3,6-11,19H,4-5,12-14H2,1H3. The molecule has 0 bridgehead atoms. The SMILES string of the molecule is COc1ccc(CCCOc2ccccc2CCO)cc1. The number of aliphatic hydroxyl groups excluding tert-OH is 1. The molecule has 0 unspecified atom stereocenters. The third kappa shape index (κ3) is 4.80. The summed E-state index contributed by atoms with van der Waals surface area (Å²) in [5, 5.41) is 9.04. The van der Waals surface area contributed by atoms with Crippen molar-refractivity contribution in [3.63, 3.8) is 0 Å². The number of hydrogen-bond acceptors (Lipinski definition) is 3. The molecule has 3 heteroatoms. The predicted octanol–water partition coefficient (Wildman–Crippen LogP) is 3.24. The predicted molar refractivity (Wildman–Crippen MR) is 84.0 cm³/mol. The molecule has 1 N–H and O–H groups in total. The van der Waals surface area contributed by atoms with Gasteiger partial charge in [-0.3, -0.25) is 0 Å². The van der Waals surface area contributed by atoms with Crippen molar-refractivity contribution < 1.29 is 14.6 Å². The highest BCUT2D eigenvalue weighted by Gasteiger charge is 2.02. The Hall–Kier alpha value is -2.00. The molecule has 0 aliphatic heterocycles. The van der Waals surface area contributed by atoms with E-state index in [1.165, 1.54) is 5.56 Å². The van der Waals surface area contributed by atoms with Gasteiger partial charge in [0.05, 0.1) is 13.7 Å². The minimum absolute atomic E-state index is 0.145. The summed E-state index contributed by atoms with van der Waals surface area (Å²) in [4.78, 5) is 0. The van der Waals surface area contributed by atoms with Crippen molar-refractivity contribution in [1.82, 2.24) is 0 Å². The number of aliphatic hydroxyl groups is 1. The van der Waals surface area contributed by atoms with Crippen molar-refractivity contribution in [3.8, 4) is 11.5 Å². The molecule has 0 aliphatic rings. The summed E-state index contributed by atoms with van der Waals surface area (Å²) in [6, 6.07) is 16.0. The molecule has 2 aromatic carbocycles. The first-order chi connectivity index (χ1) is 10.3. The Morgan fingerprint density at radius 3 is 2.43 bits per heavy atom. The van der Waals surface area contributed by atoms with Crippen LogP contribution in [0.15, 0.2) is 48.5 Å². The van der Waals surface area contributed by atoms with Gasteiger partial charge in [0.15, 0.2) is 0 Å². The van der Waals surface area contributed by atoms with E-state index in [0.717, 1.165) is 29.9 Å². The molecule has 0 radical (unpaired) electrons. The van der Waals surface area contributed by atoms with Crippen molar-refractivity contribution in [3.05, 3.63) is 59.7 Å². The van der Waals surface area contributed by atoms with Crippen molar-refractivity contribution in [1.29, 1.82) is 0 Å². The third-order valence-electron chi connectivity index (χ3n) is 3.38. The summed E-state index contributed by atoms with van der Waals surface area (Å²) in [6.45, 7) is 0.820. The highest BCUT2D eigenvalue weighted by molar-refractivity contribution is 5.33. The lowest BCUT2D eigenvalue weighted by Gasteiger charge is -2.10. The van der Waals surface area contributed by atoms with Crippen molar-refractivity contribution in [2.45, 2.75) is 19.3 Å². The van der Waals surface area contributed by atoms with Gasteiger partial charge >= 0.3 is 0 Å². The summed E-state index contributed by atoms with van der Waals surface area (Å²) in [6.07, 6.45) is 2.57. The van der Waals surface area contributed by atoms with E-state index in [4.69, 9.17) is 14.6 Å². The zero-order chi connectivity index (χ0) is 14.9. The number of methoxy groups -OCH3 is 1. The first-order valence-electron chi connectivity index (χ1n) is 7.28. The van der Waals surface area contributed by atoms with Crippen LogP contribution in [0.4, 0.5) is 0 Å². The quantitative estimate of drug-likeness (QED) is 0.757. The van der Waals surface area contributed by atoms with Crippen LogP contribution in [0.3, 0.4) is 0 Å². The fraction of sp³-hybridized carbons (Fsp3) is 0.333. The lowest BCUT2D eigenvalue weighted by molar-refractivity contribution is 0.286. The van der Waals surface area contributed by atoms with Gasteiger partial charge in [0.25, 0.3) is 0 Å². The minimum atomic E-state index is 0.145. The van der Waals surface area contributed by atoms with Crippen LogP contribution in [0.5, 0.6) is 11.5 Å². The first kappa shape index (κ1) is 15.4. The summed E-state index contributed by atoms with van der Waals surface area (Å²) in [5.41, 5.74) is 2.34. The zero-order valence-electron chi connectivity index (χ0n) is 12.4. The Morgan fingerprint density at radius 2 is 1.71 bits per heavy atom. The smallest absolute Gasteiger partial charge is 0.122 e. The first-order valence-corrected chi connectivity index (χ1v) is 7.28. The maximum absolute atomic E-state index is 9.04. The summed E-state index contributed by atoms with van der Waals surface area (Å²) >= 11 is 0. The second kappa shape index (κ2) is 8.32. The molecular weight excluding hydrogens is 264 g/mol. The van der Waals surface area contributed by atoms with Gasteiger partial charge in [-0.1, -0.05) is 30.3 Å². The maximum atomic E-state index is 9.04. The molecule has 0 aliphatic carbocycles. The second-order valence-electron chi connectivity index (χ2n) is 4.88. The maximum Gasteiger partial charge on any atom is 0.122 e. The van der Waals surface area contributed by atoms with Crippen LogP contribution in [0.25, 0.3) is 0 Å². The van der Waals surface area contributed by atoms with Gasteiger partial charge in [0.1, 0.15) is 11.5 Å². The monoisotopic (exact) mass is 286 g/mol. The molecule has 0 amide bonds. The molecule has 0 heterocycles. The van der Waals surface area contributed by atoms with Crippen LogP contribution < -0.4 is 9.47 Å². The van der Waals surface area contributed by atoms with Crippen molar-refractivity contribution in [2.24, 2.45) is 0 Å². The van der Waals surface area contributed by atoms with Crippen LogP contribution in [-0.2, 0) is 12.8 Å². The van der Waals surface area contributed by atoms with Gasteiger partial charge in [-0.2, -0.15) is 0 Å². The molecule has 0 fully saturated rings. The van der Waals surface area contributed by atoms with Crippen LogP contribution in [0.1, 0.15) is 17.5 Å². The zero-order valence-corrected chi connectivity index (χ0v) is 12.4. The van der Waals surface area contributed by atoms with Gasteiger partial charge < -0.3 is 14.6 Å². The summed E-state index contributed by atoms with van der Waals surface area (Å²) in [5.74, 6) is 1.76. The van der Waals surface area contributed by atoms with Gasteiger partial charge in [0.2, 0.25) is 0 Å². The lowest BCUT2D eigenvalue weighted by atomic mass is 10.1. The molecule has 2 aromatic rings. The van der Waals surface area contributed by atoms with Crippen LogP contribution in [0.2, 0.25) is 0 Å². The number of ether oxygens (including phenoxy) is 2. The Balaban J connectivity index is 1.79. The van der Waals surface area contributed by atoms with Crippen LogP contribution in [-0.4, -0.2) is 25.4 Å². The number of aryl methyl sites for hydroxylation is 1. The molecule has 0 aromatic heterocycles. The van der Waals surface area contributed by atoms with E-state index in [2.05, 4.69) is 12.1 Å². The Kier molecular flexibility index (Phi) is 6.10.